The van der Waals surface area contributed by atoms with E-state index >= 15 is 0 Å². The minimum atomic E-state index is -0.628. The zero-order valence-corrected chi connectivity index (χ0v) is 13.2. The Kier molecular flexibility index (Phi) is 4.22. The molecule has 1 amide bonds. The molecule has 1 aliphatic rings. The Morgan fingerprint density at radius 1 is 1.35 bits per heavy atom. The molecule has 0 radical (unpaired) electrons. The van der Waals surface area contributed by atoms with Crippen LogP contribution >= 0.6 is 0 Å². The molecule has 1 atom stereocenters. The summed E-state index contributed by atoms with van der Waals surface area (Å²) in [4.78, 5) is 24.0. The van der Waals surface area contributed by atoms with Gasteiger partial charge >= 0.3 is 6.09 Å². The third kappa shape index (κ3) is 3.99. The molecule has 2 N–H and O–H groups in total. The van der Waals surface area contributed by atoms with Crippen molar-refractivity contribution in [1.29, 1.82) is 0 Å². The van der Waals surface area contributed by atoms with Crippen molar-refractivity contribution < 1.29 is 19.4 Å². The molecule has 1 fully saturated rings. The fraction of sp³-hybridized carbons (Fsp3) is 0.733. The molecule has 0 aromatic heterocycles. The summed E-state index contributed by atoms with van der Waals surface area (Å²) in [6, 6.07) is 0. The molecule has 0 saturated heterocycles. The molecule has 20 heavy (non-hydrogen) atoms. The van der Waals surface area contributed by atoms with E-state index < -0.39 is 22.6 Å². The molecule has 114 valence electrons. The van der Waals surface area contributed by atoms with Gasteiger partial charge in [-0.2, -0.15) is 0 Å². The lowest BCUT2D eigenvalue weighted by atomic mass is 9.66. The second-order valence-corrected chi connectivity index (χ2v) is 7.41. The van der Waals surface area contributed by atoms with E-state index in [9.17, 15) is 14.7 Å². The van der Waals surface area contributed by atoms with Gasteiger partial charge in [0.25, 0.3) is 0 Å². The van der Waals surface area contributed by atoms with E-state index in [1.54, 1.807) is 20.8 Å². The van der Waals surface area contributed by atoms with Gasteiger partial charge in [0.1, 0.15) is 5.60 Å². The van der Waals surface area contributed by atoms with Gasteiger partial charge in [-0.1, -0.05) is 13.8 Å². The highest BCUT2D eigenvalue weighted by atomic mass is 16.6. The Morgan fingerprint density at radius 3 is 2.35 bits per heavy atom. The predicted octanol–water partition coefficient (Wildman–Crippen LogP) is 3.10. The Morgan fingerprint density at radius 2 is 1.90 bits per heavy atom. The normalized spacial score (nSPS) is 28.3. The lowest BCUT2D eigenvalue weighted by Crippen LogP contribution is -2.55. The molecule has 5 heteroatoms. The second-order valence-electron chi connectivity index (χ2n) is 7.41. The van der Waals surface area contributed by atoms with Crippen molar-refractivity contribution in [2.24, 2.45) is 5.41 Å². The Balaban J connectivity index is 2.88. The first kappa shape index (κ1) is 16.5. The van der Waals surface area contributed by atoms with E-state index in [0.29, 0.717) is 18.4 Å². The van der Waals surface area contributed by atoms with Crippen molar-refractivity contribution in [1.82, 2.24) is 5.32 Å². The van der Waals surface area contributed by atoms with Gasteiger partial charge in [-0.3, -0.25) is 4.79 Å². The molecule has 0 spiro atoms. The van der Waals surface area contributed by atoms with Crippen LogP contribution in [0, 0.1) is 5.41 Å². The molecule has 0 heterocycles. The van der Waals surface area contributed by atoms with Gasteiger partial charge in [-0.05, 0) is 34.1 Å². The van der Waals surface area contributed by atoms with Crippen LogP contribution in [0.25, 0.3) is 0 Å². The van der Waals surface area contributed by atoms with Gasteiger partial charge in [0, 0.05) is 22.9 Å². The highest BCUT2D eigenvalue weighted by Crippen LogP contribution is 2.41. The smallest absolute Gasteiger partial charge is 0.408 e. The summed E-state index contributed by atoms with van der Waals surface area (Å²) in [7, 11) is 0. The summed E-state index contributed by atoms with van der Waals surface area (Å²) >= 11 is 0. The molecule has 0 aromatic carbocycles. The van der Waals surface area contributed by atoms with Crippen LogP contribution in [0.5, 0.6) is 0 Å². The second kappa shape index (κ2) is 5.11. The Bertz CT molecular complexity index is 445. The first-order chi connectivity index (χ1) is 8.88. The summed E-state index contributed by atoms with van der Waals surface area (Å²) in [5.74, 6) is -0.0801. The van der Waals surface area contributed by atoms with Gasteiger partial charge in [-0.15, -0.1) is 0 Å². The number of carbonyl (C=O) groups is 2. The van der Waals surface area contributed by atoms with Gasteiger partial charge in [0.15, 0.2) is 5.78 Å². The molecule has 1 aliphatic carbocycles. The standard InChI is InChI=1S/C15H25NO4/c1-13(2,3)20-12(19)16-15(6)7-10(8-17)11(18)14(4,5)9-15/h8,17H,7,9H2,1-6H3,(H,16,19). The molecule has 0 bridgehead atoms. The van der Waals surface area contributed by atoms with Crippen LogP contribution in [0.4, 0.5) is 4.79 Å². The van der Waals surface area contributed by atoms with Crippen molar-refractivity contribution in [3.63, 3.8) is 0 Å². The zero-order chi connectivity index (χ0) is 15.8. The molecule has 1 unspecified atom stereocenters. The van der Waals surface area contributed by atoms with Crippen LogP contribution in [-0.4, -0.2) is 28.1 Å². The summed E-state index contributed by atoms with van der Waals surface area (Å²) in [6.07, 6.45) is 1.13. The number of carbonyl (C=O) groups excluding carboxylic acids is 2. The molecular weight excluding hydrogens is 258 g/mol. The number of ether oxygens (including phenoxy) is 1. The average Bonchev–Trinajstić information content (AvgIpc) is 2.19. The van der Waals surface area contributed by atoms with E-state index in [1.165, 1.54) is 0 Å². The molecule has 0 aliphatic heterocycles. The van der Waals surface area contributed by atoms with E-state index in [4.69, 9.17) is 4.74 Å². The number of alkyl carbamates (subject to hydrolysis) is 1. The molecule has 0 aromatic rings. The lowest BCUT2D eigenvalue weighted by Gasteiger charge is -2.42. The number of rotatable bonds is 1. The maximum Gasteiger partial charge on any atom is 0.408 e. The predicted molar refractivity (Wildman–Crippen MR) is 76.5 cm³/mol. The van der Waals surface area contributed by atoms with E-state index in [1.807, 2.05) is 20.8 Å². The first-order valence-corrected chi connectivity index (χ1v) is 6.78. The molecule has 1 saturated carbocycles. The average molecular weight is 283 g/mol. The number of amides is 1. The topological polar surface area (TPSA) is 75.6 Å². The zero-order valence-electron chi connectivity index (χ0n) is 13.2. The van der Waals surface area contributed by atoms with E-state index in [2.05, 4.69) is 5.32 Å². The third-order valence-electron chi connectivity index (χ3n) is 3.28. The number of aliphatic hydroxyl groups excluding tert-OH is 1. The number of hydrogen-bond donors (Lipinski definition) is 2. The van der Waals surface area contributed by atoms with Crippen LogP contribution in [0.2, 0.25) is 0 Å². The fourth-order valence-corrected chi connectivity index (χ4v) is 2.80. The van der Waals surface area contributed by atoms with E-state index in [0.717, 1.165) is 6.26 Å². The maximum absolute atomic E-state index is 12.1. The van der Waals surface area contributed by atoms with Crippen LogP contribution < -0.4 is 5.32 Å². The van der Waals surface area contributed by atoms with Crippen molar-refractivity contribution >= 4 is 11.9 Å². The quantitative estimate of drug-likeness (QED) is 0.572. The molecule has 5 nitrogen and oxygen atoms in total. The van der Waals surface area contributed by atoms with Crippen molar-refractivity contribution in [2.75, 3.05) is 0 Å². The van der Waals surface area contributed by atoms with Crippen molar-refractivity contribution in [3.05, 3.63) is 11.8 Å². The van der Waals surface area contributed by atoms with Gasteiger partial charge in [0.2, 0.25) is 0 Å². The lowest BCUT2D eigenvalue weighted by molar-refractivity contribution is -0.126. The number of Topliss-reactive ketones (excluding diaryl/α,β-unsaturated/α-hetero) is 1. The number of ketones is 1. The highest BCUT2D eigenvalue weighted by Gasteiger charge is 2.46. The minimum Gasteiger partial charge on any atom is -0.515 e. The largest absolute Gasteiger partial charge is 0.515 e. The SMILES string of the molecule is CC1(NC(=O)OC(C)(C)C)CC(=CO)C(=O)C(C)(C)C1. The van der Waals surface area contributed by atoms with Crippen molar-refractivity contribution in [3.8, 4) is 0 Å². The molecule has 1 rings (SSSR count). The first-order valence-electron chi connectivity index (χ1n) is 6.78. The third-order valence-corrected chi connectivity index (χ3v) is 3.28. The Labute approximate surface area is 120 Å². The number of hydrogen-bond acceptors (Lipinski definition) is 4. The van der Waals surface area contributed by atoms with Crippen molar-refractivity contribution in [2.45, 2.75) is 65.5 Å². The van der Waals surface area contributed by atoms with Gasteiger partial charge in [-0.25, -0.2) is 4.79 Å². The highest BCUT2D eigenvalue weighted by molar-refractivity contribution is 6.00. The summed E-state index contributed by atoms with van der Waals surface area (Å²) in [6.45, 7) is 10.9. The maximum atomic E-state index is 12.1. The summed E-state index contributed by atoms with van der Waals surface area (Å²) in [5.41, 5.74) is -1.49. The van der Waals surface area contributed by atoms with Crippen LogP contribution in [0.1, 0.15) is 54.4 Å². The van der Waals surface area contributed by atoms with Crippen LogP contribution in [0.15, 0.2) is 11.8 Å². The van der Waals surface area contributed by atoms with Crippen LogP contribution in [0.3, 0.4) is 0 Å². The van der Waals surface area contributed by atoms with Gasteiger partial charge < -0.3 is 15.2 Å². The number of aliphatic hydroxyl groups is 1. The number of nitrogens with one attached hydrogen (secondary N) is 1. The fourth-order valence-electron chi connectivity index (χ4n) is 2.80. The Hall–Kier alpha value is -1.52. The summed E-state index contributed by atoms with van der Waals surface area (Å²) < 4.78 is 5.25. The monoisotopic (exact) mass is 283 g/mol. The van der Waals surface area contributed by atoms with Crippen LogP contribution in [-0.2, 0) is 9.53 Å². The minimum absolute atomic E-state index is 0.0801. The molecular formula is C15H25NO4. The summed E-state index contributed by atoms with van der Waals surface area (Å²) in [5, 5.41) is 12.0. The van der Waals surface area contributed by atoms with E-state index in [-0.39, 0.29) is 5.78 Å². The van der Waals surface area contributed by atoms with Gasteiger partial charge in [0.05, 0.1) is 6.26 Å².